The molecule has 0 heterocycles. The average Bonchev–Trinajstić information content (AvgIpc) is 2.26. The minimum absolute atomic E-state index is 0.167. The van der Waals surface area contributed by atoms with Crippen molar-refractivity contribution in [1.29, 1.82) is 0 Å². The van der Waals surface area contributed by atoms with E-state index in [0.717, 1.165) is 12.0 Å². The van der Waals surface area contributed by atoms with Crippen LogP contribution in [-0.2, 0) is 15.2 Å². The highest BCUT2D eigenvalue weighted by Crippen LogP contribution is 2.09. The molecule has 0 aliphatic rings. The number of hydrogen-bond donors (Lipinski definition) is 2. The van der Waals surface area contributed by atoms with Gasteiger partial charge >= 0.3 is 10.4 Å². The fraction of sp³-hybridized carbons (Fsp3) is 0.273. The molecule has 0 aliphatic carbocycles. The Morgan fingerprint density at radius 3 is 1.68 bits per heavy atom. The van der Waals surface area contributed by atoms with Crippen LogP contribution >= 0.6 is 0 Å². The normalized spacial score (nSPS) is 9.11. The number of rotatable bonds is 2. The van der Waals surface area contributed by atoms with Gasteiger partial charge in [0.25, 0.3) is 0 Å². The SMILES string of the molecule is CC(C)=O.COc1ccc(C=O)cc1.O=S(=O)(O)O. The van der Waals surface area contributed by atoms with Crippen LogP contribution in [0.25, 0.3) is 0 Å². The molecule has 0 saturated heterocycles. The monoisotopic (exact) mass is 292 g/mol. The van der Waals surface area contributed by atoms with Gasteiger partial charge in [0, 0.05) is 5.56 Å². The van der Waals surface area contributed by atoms with Crippen LogP contribution in [0.3, 0.4) is 0 Å². The molecule has 1 aromatic carbocycles. The van der Waals surface area contributed by atoms with Crippen molar-refractivity contribution < 1.29 is 31.8 Å². The predicted octanol–water partition coefficient (Wildman–Crippen LogP) is 1.45. The van der Waals surface area contributed by atoms with E-state index in [1.165, 1.54) is 13.8 Å². The van der Waals surface area contributed by atoms with Gasteiger partial charge in [-0.25, -0.2) is 0 Å². The van der Waals surface area contributed by atoms with Crippen LogP contribution in [0.2, 0.25) is 0 Å². The maximum Gasteiger partial charge on any atom is 0.394 e. The van der Waals surface area contributed by atoms with E-state index < -0.39 is 10.4 Å². The van der Waals surface area contributed by atoms with Gasteiger partial charge in [-0.15, -0.1) is 0 Å². The van der Waals surface area contributed by atoms with Crippen molar-refractivity contribution in [3.8, 4) is 5.75 Å². The van der Waals surface area contributed by atoms with Crippen LogP contribution < -0.4 is 4.74 Å². The lowest BCUT2D eigenvalue weighted by atomic mass is 10.2. The Bertz CT molecular complexity index is 464. The summed E-state index contributed by atoms with van der Waals surface area (Å²) >= 11 is 0. The van der Waals surface area contributed by atoms with Crippen LogP contribution in [0.1, 0.15) is 24.2 Å². The first-order valence-electron chi connectivity index (χ1n) is 4.86. The van der Waals surface area contributed by atoms with Gasteiger partial charge in [0.05, 0.1) is 7.11 Å². The van der Waals surface area contributed by atoms with Crippen LogP contribution in [-0.4, -0.2) is 36.7 Å². The third-order valence-electron chi connectivity index (χ3n) is 1.25. The summed E-state index contributed by atoms with van der Waals surface area (Å²) in [6.07, 6.45) is 0.805. The largest absolute Gasteiger partial charge is 0.497 e. The lowest BCUT2D eigenvalue weighted by Gasteiger charge is -1.96. The molecule has 0 amide bonds. The number of carbonyl (C=O) groups excluding carboxylic acids is 2. The highest BCUT2D eigenvalue weighted by Gasteiger charge is 1.89. The molecule has 108 valence electrons. The van der Waals surface area contributed by atoms with E-state index in [1.807, 2.05) is 0 Å². The minimum atomic E-state index is -4.67. The number of carbonyl (C=O) groups is 2. The molecule has 0 aromatic heterocycles. The van der Waals surface area contributed by atoms with E-state index in [2.05, 4.69) is 0 Å². The quantitative estimate of drug-likeness (QED) is 0.625. The van der Waals surface area contributed by atoms with Crippen LogP contribution in [0, 0.1) is 0 Å². The molecular formula is C11H16O7S. The van der Waals surface area contributed by atoms with E-state index in [9.17, 15) is 9.59 Å². The fourth-order valence-electron chi connectivity index (χ4n) is 0.682. The van der Waals surface area contributed by atoms with Crippen molar-refractivity contribution in [2.45, 2.75) is 13.8 Å². The van der Waals surface area contributed by atoms with E-state index in [1.54, 1.807) is 31.4 Å². The van der Waals surface area contributed by atoms with Crippen molar-refractivity contribution in [1.82, 2.24) is 0 Å². The average molecular weight is 292 g/mol. The molecule has 0 atom stereocenters. The molecule has 0 spiro atoms. The second-order valence-corrected chi connectivity index (χ2v) is 4.14. The van der Waals surface area contributed by atoms with Crippen molar-refractivity contribution in [2.24, 2.45) is 0 Å². The van der Waals surface area contributed by atoms with E-state index >= 15 is 0 Å². The Morgan fingerprint density at radius 2 is 1.47 bits per heavy atom. The third-order valence-corrected chi connectivity index (χ3v) is 1.25. The van der Waals surface area contributed by atoms with Crippen LogP contribution in [0.5, 0.6) is 5.75 Å². The molecular weight excluding hydrogens is 276 g/mol. The van der Waals surface area contributed by atoms with Gasteiger partial charge < -0.3 is 9.53 Å². The summed E-state index contributed by atoms with van der Waals surface area (Å²) < 4.78 is 36.5. The molecule has 0 bridgehead atoms. The number of Topliss-reactive ketones (excluding diaryl/α,β-unsaturated/α-hetero) is 1. The van der Waals surface area contributed by atoms with E-state index in [0.29, 0.717) is 5.56 Å². The Morgan fingerprint density at radius 1 is 1.16 bits per heavy atom. The maximum atomic E-state index is 10.2. The zero-order chi connectivity index (χ0) is 15.5. The zero-order valence-corrected chi connectivity index (χ0v) is 11.5. The zero-order valence-electron chi connectivity index (χ0n) is 10.7. The highest BCUT2D eigenvalue weighted by molar-refractivity contribution is 7.79. The molecule has 1 rings (SSSR count). The van der Waals surface area contributed by atoms with Crippen LogP contribution in [0.4, 0.5) is 0 Å². The lowest BCUT2D eigenvalue weighted by molar-refractivity contribution is -0.115. The Hall–Kier alpha value is -1.77. The van der Waals surface area contributed by atoms with Gasteiger partial charge in [0.15, 0.2) is 0 Å². The van der Waals surface area contributed by atoms with E-state index in [-0.39, 0.29) is 5.78 Å². The molecule has 0 fully saturated rings. The van der Waals surface area contributed by atoms with Crippen molar-refractivity contribution >= 4 is 22.5 Å². The van der Waals surface area contributed by atoms with Gasteiger partial charge in [-0.2, -0.15) is 8.42 Å². The first-order valence-corrected chi connectivity index (χ1v) is 6.26. The van der Waals surface area contributed by atoms with E-state index in [4.69, 9.17) is 22.3 Å². The van der Waals surface area contributed by atoms with Crippen molar-refractivity contribution in [2.75, 3.05) is 7.11 Å². The molecule has 0 radical (unpaired) electrons. The summed E-state index contributed by atoms with van der Waals surface area (Å²) in [4.78, 5) is 19.6. The van der Waals surface area contributed by atoms with Gasteiger partial charge in [-0.1, -0.05) is 0 Å². The summed E-state index contributed by atoms with van der Waals surface area (Å²) in [6, 6.07) is 6.94. The van der Waals surface area contributed by atoms with Crippen molar-refractivity contribution in [3.63, 3.8) is 0 Å². The standard InChI is InChI=1S/C8H8O2.C3H6O.H2O4S/c1-10-8-4-2-7(6-9)3-5-8;1-3(2)4;1-5(2,3)4/h2-6H,1H3;1-2H3;(H2,1,2,3,4). The second-order valence-electron chi connectivity index (χ2n) is 3.25. The number of methoxy groups -OCH3 is 1. The first kappa shape index (κ1) is 19.6. The number of benzene rings is 1. The highest BCUT2D eigenvalue weighted by atomic mass is 32.3. The first-order chi connectivity index (χ1) is 8.60. The summed E-state index contributed by atoms with van der Waals surface area (Å²) in [5.41, 5.74) is 0.667. The number of ether oxygens (including phenoxy) is 1. The van der Waals surface area contributed by atoms with Gasteiger partial charge in [0.1, 0.15) is 17.8 Å². The number of aldehydes is 1. The molecule has 8 heteroatoms. The Balaban J connectivity index is 0. The summed E-state index contributed by atoms with van der Waals surface area (Å²) in [5.74, 6) is 0.936. The Labute approximate surface area is 111 Å². The molecule has 19 heavy (non-hydrogen) atoms. The molecule has 0 unspecified atom stereocenters. The summed E-state index contributed by atoms with van der Waals surface area (Å²) in [5, 5.41) is 0. The molecule has 2 N–H and O–H groups in total. The van der Waals surface area contributed by atoms with Gasteiger partial charge in [-0.05, 0) is 38.1 Å². The molecule has 7 nitrogen and oxygen atoms in total. The minimum Gasteiger partial charge on any atom is -0.497 e. The lowest BCUT2D eigenvalue weighted by Crippen LogP contribution is -1.89. The molecule has 1 aromatic rings. The topological polar surface area (TPSA) is 118 Å². The fourth-order valence-corrected chi connectivity index (χ4v) is 0.682. The number of hydrogen-bond acceptors (Lipinski definition) is 5. The smallest absolute Gasteiger partial charge is 0.394 e. The van der Waals surface area contributed by atoms with Crippen molar-refractivity contribution in [3.05, 3.63) is 29.8 Å². The van der Waals surface area contributed by atoms with Crippen LogP contribution in [0.15, 0.2) is 24.3 Å². The molecule has 0 aliphatic heterocycles. The summed E-state index contributed by atoms with van der Waals surface area (Å²) in [7, 11) is -3.07. The Kier molecular flexibility index (Phi) is 10.5. The number of ketones is 1. The second kappa shape index (κ2) is 10.2. The molecule has 0 saturated carbocycles. The van der Waals surface area contributed by atoms with Gasteiger partial charge in [0.2, 0.25) is 0 Å². The maximum absolute atomic E-state index is 10.2. The van der Waals surface area contributed by atoms with Gasteiger partial charge in [-0.3, -0.25) is 13.9 Å². The summed E-state index contributed by atoms with van der Waals surface area (Å²) in [6.45, 7) is 3.06. The third kappa shape index (κ3) is 22.0. The predicted molar refractivity (Wildman–Crippen MR) is 68.9 cm³/mol.